The first-order valence-corrected chi connectivity index (χ1v) is 11.7. The minimum absolute atomic E-state index is 0.332. The van der Waals surface area contributed by atoms with Gasteiger partial charge in [-0.3, -0.25) is 0 Å². The molecule has 152 valence electrons. The van der Waals surface area contributed by atoms with E-state index in [2.05, 4.69) is 143 Å². The van der Waals surface area contributed by atoms with Crippen LogP contribution in [0.2, 0.25) is 0 Å². The Morgan fingerprint density at radius 2 is 0.969 bits per heavy atom. The summed E-state index contributed by atoms with van der Waals surface area (Å²) in [5.74, 6) is 0. The Bertz CT molecular complexity index is 1380. The van der Waals surface area contributed by atoms with Crippen molar-refractivity contribution in [3.63, 3.8) is 0 Å². The van der Waals surface area contributed by atoms with E-state index in [1.165, 1.54) is 44.5 Å². The second kappa shape index (κ2) is 7.62. The molecule has 6 rings (SSSR count). The molecule has 0 unspecified atom stereocenters. The van der Waals surface area contributed by atoms with E-state index >= 15 is 0 Å². The molecule has 1 aliphatic rings. The maximum atomic E-state index is 3.74. The molecule has 0 spiro atoms. The summed E-state index contributed by atoms with van der Waals surface area (Å²) in [5.41, 5.74) is 10.00. The van der Waals surface area contributed by atoms with Crippen molar-refractivity contribution >= 4 is 15.9 Å². The molecular formula is C31H21Br. The summed E-state index contributed by atoms with van der Waals surface area (Å²) in [7, 11) is 0. The van der Waals surface area contributed by atoms with Crippen LogP contribution < -0.4 is 0 Å². The predicted molar refractivity (Wildman–Crippen MR) is 137 cm³/mol. The molecule has 0 aromatic heterocycles. The molecule has 1 heteroatoms. The summed E-state index contributed by atoms with van der Waals surface area (Å²) in [6, 6.07) is 46.1. The first kappa shape index (κ1) is 19.3. The lowest BCUT2D eigenvalue weighted by Gasteiger charge is -2.33. The van der Waals surface area contributed by atoms with Gasteiger partial charge in [-0.05, 0) is 56.6 Å². The van der Waals surface area contributed by atoms with Gasteiger partial charge in [-0.15, -0.1) is 0 Å². The van der Waals surface area contributed by atoms with E-state index in [-0.39, 0.29) is 5.41 Å². The van der Waals surface area contributed by atoms with Gasteiger partial charge < -0.3 is 0 Å². The molecule has 0 saturated heterocycles. The quantitative estimate of drug-likeness (QED) is 0.242. The third-order valence-corrected chi connectivity index (χ3v) is 7.33. The number of rotatable bonds is 3. The van der Waals surface area contributed by atoms with E-state index < -0.39 is 0 Å². The average Bonchev–Trinajstić information content (AvgIpc) is 3.16. The van der Waals surface area contributed by atoms with Gasteiger partial charge in [0, 0.05) is 4.47 Å². The Hall–Kier alpha value is -3.42. The summed E-state index contributed by atoms with van der Waals surface area (Å²) in [4.78, 5) is 0. The standard InChI is InChI=1S/C31H21Br/c32-30-18-10-8-15-25(30)22-19-20-29-27(21-22)26-16-7-9-17-28(26)31(29,23-11-3-1-4-12-23)24-13-5-2-6-14-24/h1-21H. The van der Waals surface area contributed by atoms with Crippen LogP contribution in [0.5, 0.6) is 0 Å². The largest absolute Gasteiger partial charge is 0.0713 e. The Balaban J connectivity index is 1.71. The lowest BCUT2D eigenvalue weighted by atomic mass is 9.67. The third kappa shape index (κ3) is 2.75. The van der Waals surface area contributed by atoms with Crippen molar-refractivity contribution in [2.24, 2.45) is 0 Å². The van der Waals surface area contributed by atoms with E-state index in [1.54, 1.807) is 0 Å². The molecule has 1 aliphatic carbocycles. The highest BCUT2D eigenvalue weighted by Crippen LogP contribution is 2.56. The molecule has 0 amide bonds. The first-order chi connectivity index (χ1) is 15.8. The van der Waals surface area contributed by atoms with Crippen LogP contribution in [0.4, 0.5) is 0 Å². The normalized spacial score (nSPS) is 13.4. The Kier molecular flexibility index (Phi) is 4.59. The topological polar surface area (TPSA) is 0 Å². The van der Waals surface area contributed by atoms with E-state index in [1.807, 2.05) is 0 Å². The van der Waals surface area contributed by atoms with Crippen LogP contribution in [0.25, 0.3) is 22.3 Å². The zero-order valence-corrected chi connectivity index (χ0v) is 19.1. The van der Waals surface area contributed by atoms with Gasteiger partial charge in [0.25, 0.3) is 0 Å². The summed E-state index contributed by atoms with van der Waals surface area (Å²) in [5, 5.41) is 0. The molecule has 0 fully saturated rings. The minimum Gasteiger partial charge on any atom is -0.0622 e. The molecule has 0 heterocycles. The Morgan fingerprint density at radius 1 is 0.438 bits per heavy atom. The SMILES string of the molecule is Brc1ccccc1-c1ccc2c(c1)-c1ccccc1C2(c1ccccc1)c1ccccc1. The zero-order valence-electron chi connectivity index (χ0n) is 17.5. The van der Waals surface area contributed by atoms with Crippen molar-refractivity contribution in [1.29, 1.82) is 0 Å². The molecule has 0 aliphatic heterocycles. The van der Waals surface area contributed by atoms with Crippen LogP contribution in [0.15, 0.2) is 132 Å². The predicted octanol–water partition coefficient (Wildman–Crippen LogP) is 8.48. The molecule has 0 atom stereocenters. The van der Waals surface area contributed by atoms with Crippen molar-refractivity contribution in [2.45, 2.75) is 5.41 Å². The van der Waals surface area contributed by atoms with E-state index in [0.717, 1.165) is 4.47 Å². The van der Waals surface area contributed by atoms with Crippen molar-refractivity contribution in [1.82, 2.24) is 0 Å². The van der Waals surface area contributed by atoms with Gasteiger partial charge >= 0.3 is 0 Å². The molecule has 32 heavy (non-hydrogen) atoms. The van der Waals surface area contributed by atoms with Gasteiger partial charge in [0.05, 0.1) is 5.41 Å². The molecule has 0 saturated carbocycles. The van der Waals surface area contributed by atoms with E-state index in [9.17, 15) is 0 Å². The van der Waals surface area contributed by atoms with Crippen molar-refractivity contribution in [3.8, 4) is 22.3 Å². The van der Waals surface area contributed by atoms with Crippen molar-refractivity contribution in [3.05, 3.63) is 154 Å². The van der Waals surface area contributed by atoms with Gasteiger partial charge in [-0.1, -0.05) is 131 Å². The fourth-order valence-electron chi connectivity index (χ4n) is 5.31. The third-order valence-electron chi connectivity index (χ3n) is 6.64. The minimum atomic E-state index is -0.332. The lowest BCUT2D eigenvalue weighted by molar-refractivity contribution is 0.768. The van der Waals surface area contributed by atoms with Crippen LogP contribution >= 0.6 is 15.9 Å². The van der Waals surface area contributed by atoms with Gasteiger partial charge in [0.2, 0.25) is 0 Å². The number of benzene rings is 5. The highest BCUT2D eigenvalue weighted by Gasteiger charge is 2.45. The Morgan fingerprint density at radius 3 is 1.62 bits per heavy atom. The monoisotopic (exact) mass is 472 g/mol. The average molecular weight is 473 g/mol. The number of hydrogen-bond acceptors (Lipinski definition) is 0. The molecule has 5 aromatic rings. The van der Waals surface area contributed by atoms with Crippen molar-refractivity contribution in [2.75, 3.05) is 0 Å². The fourth-order valence-corrected chi connectivity index (χ4v) is 5.83. The maximum Gasteiger partial charge on any atom is 0.0713 e. The summed E-state index contributed by atoms with van der Waals surface area (Å²) in [6.45, 7) is 0. The molecule has 0 N–H and O–H groups in total. The Labute approximate surface area is 197 Å². The molecule has 0 radical (unpaired) electrons. The maximum absolute atomic E-state index is 3.74. The smallest absolute Gasteiger partial charge is 0.0622 e. The number of halogens is 1. The lowest BCUT2D eigenvalue weighted by Crippen LogP contribution is -2.28. The summed E-state index contributed by atoms with van der Waals surface area (Å²) < 4.78 is 1.11. The second-order valence-corrected chi connectivity index (χ2v) is 9.12. The van der Waals surface area contributed by atoms with Gasteiger partial charge in [0.15, 0.2) is 0 Å². The van der Waals surface area contributed by atoms with Crippen LogP contribution in [0.1, 0.15) is 22.3 Å². The van der Waals surface area contributed by atoms with Crippen LogP contribution in [-0.2, 0) is 5.41 Å². The van der Waals surface area contributed by atoms with E-state index in [4.69, 9.17) is 0 Å². The highest BCUT2D eigenvalue weighted by molar-refractivity contribution is 9.10. The van der Waals surface area contributed by atoms with Crippen LogP contribution in [0.3, 0.4) is 0 Å². The van der Waals surface area contributed by atoms with Gasteiger partial charge in [-0.25, -0.2) is 0 Å². The fraction of sp³-hybridized carbons (Fsp3) is 0.0323. The summed E-state index contributed by atoms with van der Waals surface area (Å²) in [6.07, 6.45) is 0. The second-order valence-electron chi connectivity index (χ2n) is 8.27. The molecule has 0 nitrogen and oxygen atoms in total. The number of fused-ring (bicyclic) bond motifs is 3. The van der Waals surface area contributed by atoms with Crippen molar-refractivity contribution < 1.29 is 0 Å². The molecule has 5 aromatic carbocycles. The van der Waals surface area contributed by atoms with Gasteiger partial charge in [0.1, 0.15) is 0 Å². The molecule has 0 bridgehead atoms. The first-order valence-electron chi connectivity index (χ1n) is 10.9. The van der Waals surface area contributed by atoms with Crippen LogP contribution in [0, 0.1) is 0 Å². The van der Waals surface area contributed by atoms with Crippen LogP contribution in [-0.4, -0.2) is 0 Å². The number of hydrogen-bond donors (Lipinski definition) is 0. The van der Waals surface area contributed by atoms with Gasteiger partial charge in [-0.2, -0.15) is 0 Å². The zero-order chi connectivity index (χ0) is 21.5. The van der Waals surface area contributed by atoms with E-state index in [0.29, 0.717) is 0 Å². The highest BCUT2D eigenvalue weighted by atomic mass is 79.9. The molecular weight excluding hydrogens is 452 g/mol. The summed E-state index contributed by atoms with van der Waals surface area (Å²) >= 11 is 3.74.